The lowest BCUT2D eigenvalue weighted by atomic mass is 10.2. The van der Waals surface area contributed by atoms with Gasteiger partial charge < -0.3 is 19.9 Å². The zero-order valence-electron chi connectivity index (χ0n) is 19.2. The summed E-state index contributed by atoms with van der Waals surface area (Å²) in [5.41, 5.74) is -0.344. The summed E-state index contributed by atoms with van der Waals surface area (Å²) in [5, 5.41) is 21.2. The molecule has 3 heterocycles. The van der Waals surface area contributed by atoms with Gasteiger partial charge in [-0.1, -0.05) is 6.07 Å². The number of alkyl halides is 3. The Labute approximate surface area is 209 Å². The Morgan fingerprint density at radius 3 is 2.35 bits per heavy atom. The molecule has 0 radical (unpaired) electrons. The van der Waals surface area contributed by atoms with Gasteiger partial charge in [-0.2, -0.15) is 28.7 Å². The van der Waals surface area contributed by atoms with Crippen LogP contribution in [0.5, 0.6) is 5.88 Å². The second-order valence-corrected chi connectivity index (χ2v) is 7.90. The molecule has 3 aromatic rings. The van der Waals surface area contributed by atoms with E-state index in [1.165, 1.54) is 17.0 Å². The van der Waals surface area contributed by atoms with Gasteiger partial charge in [0.15, 0.2) is 17.2 Å². The van der Waals surface area contributed by atoms with Gasteiger partial charge in [0.1, 0.15) is 18.7 Å². The van der Waals surface area contributed by atoms with Gasteiger partial charge in [0.2, 0.25) is 0 Å². The maximum absolute atomic E-state index is 13.0. The number of nitrogens with zero attached hydrogens (tertiary/aromatic N) is 7. The lowest BCUT2D eigenvalue weighted by Crippen LogP contribution is -2.50. The molecule has 0 atom stereocenters. The van der Waals surface area contributed by atoms with E-state index in [2.05, 4.69) is 20.3 Å². The van der Waals surface area contributed by atoms with Gasteiger partial charge in [-0.15, -0.1) is 0 Å². The smallest absolute Gasteiger partial charge is 0.416 e. The van der Waals surface area contributed by atoms with Crippen molar-refractivity contribution in [2.45, 2.75) is 12.8 Å². The number of carbonyl (C=O) groups excluding carboxylic acids is 1. The van der Waals surface area contributed by atoms with Crippen molar-refractivity contribution in [1.82, 2.24) is 19.9 Å². The van der Waals surface area contributed by atoms with Crippen molar-refractivity contribution in [3.8, 4) is 18.0 Å². The molecule has 2 amide bonds. The van der Waals surface area contributed by atoms with Gasteiger partial charge in [-0.05, 0) is 35.9 Å². The molecule has 1 aromatic carbocycles. The van der Waals surface area contributed by atoms with Crippen molar-refractivity contribution in [2.75, 3.05) is 36.4 Å². The van der Waals surface area contributed by atoms with Crippen LogP contribution in [-0.2, 0) is 12.8 Å². The fourth-order valence-electron chi connectivity index (χ4n) is 3.60. The number of nitriles is 2. The first-order valence-electron chi connectivity index (χ1n) is 11.0. The van der Waals surface area contributed by atoms with E-state index in [9.17, 15) is 28.5 Å². The molecule has 0 saturated carbocycles. The Kier molecular flexibility index (Phi) is 7.34. The Morgan fingerprint density at radius 2 is 1.70 bits per heavy atom. The number of benzene rings is 1. The number of anilines is 2. The van der Waals surface area contributed by atoms with Crippen LogP contribution in [0.3, 0.4) is 0 Å². The maximum atomic E-state index is 13.0. The lowest BCUT2D eigenvalue weighted by molar-refractivity contribution is -0.137. The average molecular weight is 508 g/mol. The number of nitrogens with one attached hydrogen (secondary N) is 1. The SMILES string of the molecule is N#Cc1nc(OCc2ccncc2)c(N2CCN(C(=O)Nc3cccc(C(F)(F)F)c3)CC2)nc1C#N. The van der Waals surface area contributed by atoms with Gasteiger partial charge >= 0.3 is 12.2 Å². The number of halogens is 3. The number of aromatic nitrogens is 3. The summed E-state index contributed by atoms with van der Waals surface area (Å²) in [6, 6.07) is 11.1. The van der Waals surface area contributed by atoms with Gasteiger partial charge in [-0.25, -0.2) is 9.78 Å². The highest BCUT2D eigenvalue weighted by Gasteiger charge is 2.31. The van der Waals surface area contributed by atoms with Crippen molar-refractivity contribution in [3.05, 3.63) is 71.3 Å². The normalized spacial score (nSPS) is 13.4. The van der Waals surface area contributed by atoms with Crippen molar-refractivity contribution in [3.63, 3.8) is 0 Å². The second kappa shape index (κ2) is 10.8. The van der Waals surface area contributed by atoms with E-state index in [1.807, 2.05) is 12.1 Å². The highest BCUT2D eigenvalue weighted by atomic mass is 19.4. The number of urea groups is 1. The monoisotopic (exact) mass is 508 g/mol. The van der Waals surface area contributed by atoms with Crippen molar-refractivity contribution in [1.29, 1.82) is 10.5 Å². The number of hydrogen-bond donors (Lipinski definition) is 1. The average Bonchev–Trinajstić information content (AvgIpc) is 2.91. The third kappa shape index (κ3) is 6.02. The fraction of sp³-hybridized carbons (Fsp3) is 0.250. The Morgan fingerprint density at radius 1 is 1.03 bits per heavy atom. The molecule has 0 spiro atoms. The summed E-state index contributed by atoms with van der Waals surface area (Å²) in [6.07, 6.45) is -1.31. The molecule has 0 aliphatic carbocycles. The standard InChI is InChI=1S/C24H19F3N8O2/c25-24(26,27)17-2-1-3-18(12-17)31-23(36)35-10-8-34(9-11-35)21-22(33-20(14-29)19(13-28)32-21)37-15-16-4-6-30-7-5-16/h1-7,12H,8-11,15H2,(H,31,36). The minimum atomic E-state index is -4.52. The molecule has 2 aromatic heterocycles. The number of ether oxygens (including phenoxy) is 1. The van der Waals surface area contributed by atoms with Crippen LogP contribution >= 0.6 is 0 Å². The van der Waals surface area contributed by atoms with Crippen molar-refractivity contribution in [2.24, 2.45) is 0 Å². The molecule has 4 rings (SSSR count). The predicted molar refractivity (Wildman–Crippen MR) is 124 cm³/mol. The first-order chi connectivity index (χ1) is 17.8. The van der Waals surface area contributed by atoms with Crippen LogP contribution in [0.4, 0.5) is 29.5 Å². The van der Waals surface area contributed by atoms with E-state index >= 15 is 0 Å². The first-order valence-corrected chi connectivity index (χ1v) is 11.0. The summed E-state index contributed by atoms with van der Waals surface area (Å²) >= 11 is 0. The zero-order valence-corrected chi connectivity index (χ0v) is 19.2. The van der Waals surface area contributed by atoms with E-state index in [0.717, 1.165) is 17.7 Å². The first kappa shape index (κ1) is 25.2. The predicted octanol–water partition coefficient (Wildman–Crippen LogP) is 3.57. The topological polar surface area (TPSA) is 131 Å². The molecule has 1 saturated heterocycles. The highest BCUT2D eigenvalue weighted by molar-refractivity contribution is 5.89. The number of hydrogen-bond acceptors (Lipinski definition) is 8. The number of rotatable bonds is 5. The van der Waals surface area contributed by atoms with Crippen LogP contribution in [0, 0.1) is 22.7 Å². The van der Waals surface area contributed by atoms with E-state index in [4.69, 9.17) is 4.74 Å². The fourth-order valence-corrected chi connectivity index (χ4v) is 3.60. The van der Waals surface area contributed by atoms with Crippen LogP contribution in [0.1, 0.15) is 22.5 Å². The number of piperazine rings is 1. The number of carbonyl (C=O) groups is 1. The number of amides is 2. The third-order valence-corrected chi connectivity index (χ3v) is 5.49. The Balaban J connectivity index is 1.46. The summed E-state index contributed by atoms with van der Waals surface area (Å²) in [6.45, 7) is 1.14. The summed E-state index contributed by atoms with van der Waals surface area (Å²) in [5.74, 6) is 0.316. The van der Waals surface area contributed by atoms with E-state index in [1.54, 1.807) is 29.4 Å². The molecule has 1 aliphatic heterocycles. The Bertz CT molecular complexity index is 1360. The molecule has 0 bridgehead atoms. The van der Waals surface area contributed by atoms with Gasteiger partial charge in [0.05, 0.1) is 5.56 Å². The highest BCUT2D eigenvalue weighted by Crippen LogP contribution is 2.31. The van der Waals surface area contributed by atoms with Crippen molar-refractivity contribution < 1.29 is 22.7 Å². The molecule has 188 valence electrons. The van der Waals surface area contributed by atoms with Crippen molar-refractivity contribution >= 4 is 17.5 Å². The largest absolute Gasteiger partial charge is 0.470 e. The van der Waals surface area contributed by atoms with Crippen LogP contribution in [-0.4, -0.2) is 52.1 Å². The molecule has 1 aliphatic rings. The van der Waals surface area contributed by atoms with E-state index < -0.39 is 17.8 Å². The quantitative estimate of drug-likeness (QED) is 0.554. The van der Waals surface area contributed by atoms with Crippen LogP contribution in [0.2, 0.25) is 0 Å². The van der Waals surface area contributed by atoms with E-state index in [-0.39, 0.29) is 61.6 Å². The van der Waals surface area contributed by atoms with Gasteiger partial charge in [-0.3, -0.25) is 4.98 Å². The minimum Gasteiger partial charge on any atom is -0.470 e. The lowest BCUT2D eigenvalue weighted by Gasteiger charge is -2.35. The van der Waals surface area contributed by atoms with Gasteiger partial charge in [0, 0.05) is 44.3 Å². The molecule has 1 fully saturated rings. The molecular formula is C24H19F3N8O2. The summed E-state index contributed by atoms with van der Waals surface area (Å²) in [4.78, 5) is 28.3. The number of pyridine rings is 1. The molecule has 13 heteroatoms. The molecule has 37 heavy (non-hydrogen) atoms. The Hall–Kier alpha value is -4.91. The molecular weight excluding hydrogens is 489 g/mol. The summed E-state index contributed by atoms with van der Waals surface area (Å²) in [7, 11) is 0. The zero-order chi connectivity index (χ0) is 26.4. The maximum Gasteiger partial charge on any atom is 0.416 e. The third-order valence-electron chi connectivity index (χ3n) is 5.49. The minimum absolute atomic E-state index is 0.0330. The molecule has 1 N–H and O–H groups in total. The van der Waals surface area contributed by atoms with Crippen LogP contribution < -0.4 is 15.0 Å². The van der Waals surface area contributed by atoms with Crippen LogP contribution in [0.15, 0.2) is 48.8 Å². The van der Waals surface area contributed by atoms with Crippen LogP contribution in [0.25, 0.3) is 0 Å². The van der Waals surface area contributed by atoms with E-state index in [0.29, 0.717) is 0 Å². The van der Waals surface area contributed by atoms with Gasteiger partial charge in [0.25, 0.3) is 5.88 Å². The molecule has 10 nitrogen and oxygen atoms in total. The molecule has 0 unspecified atom stereocenters. The second-order valence-electron chi connectivity index (χ2n) is 7.90. The summed E-state index contributed by atoms with van der Waals surface area (Å²) < 4.78 is 44.7.